The molecule has 0 aliphatic rings. The molecule has 0 unspecified atom stereocenters. The van der Waals surface area contributed by atoms with Gasteiger partial charge in [-0.25, -0.2) is 4.99 Å². The Kier molecular flexibility index (Phi) is 5.94. The van der Waals surface area contributed by atoms with Crippen LogP contribution in [0.15, 0.2) is 37.4 Å². The van der Waals surface area contributed by atoms with Crippen LogP contribution in [0.4, 0.5) is 0 Å². The number of hydrogen-bond acceptors (Lipinski definition) is 1. The summed E-state index contributed by atoms with van der Waals surface area (Å²) >= 11 is 0. The van der Waals surface area contributed by atoms with Gasteiger partial charge in [-0.3, -0.25) is 0 Å². The van der Waals surface area contributed by atoms with E-state index in [1.165, 1.54) is 11.8 Å². The molecule has 3 nitrogen and oxygen atoms in total. The van der Waals surface area contributed by atoms with Gasteiger partial charge in [0.2, 0.25) is 5.71 Å². The number of nitrogens with two attached hydrogens (primary N) is 1. The predicted octanol–water partition coefficient (Wildman–Crippen LogP) is -3.19. The summed E-state index contributed by atoms with van der Waals surface area (Å²) in [6.45, 7) is 5.63. The highest BCUT2D eigenvalue weighted by Crippen LogP contribution is 2.05. The molecule has 0 aromatic carbocycles. The lowest BCUT2D eigenvalue weighted by atomic mass is 10.1. The van der Waals surface area contributed by atoms with Crippen LogP contribution in [-0.2, 0) is 0 Å². The highest BCUT2D eigenvalue weighted by Gasteiger charge is 2.08. The summed E-state index contributed by atoms with van der Waals surface area (Å²) in [4.78, 5) is 6.05. The Morgan fingerprint density at radius 1 is 1.57 bits per heavy atom. The SMILES string of the molecule is C=C[NH+]=C(/C=C\N)c1c[nH]cc1C.[I-]. The van der Waals surface area contributed by atoms with Crippen LogP contribution in [0.25, 0.3) is 0 Å². The molecule has 0 atom stereocenters. The van der Waals surface area contributed by atoms with Gasteiger partial charge in [-0.05, 0) is 19.1 Å². The number of H-pyrrole nitrogens is 1. The predicted molar refractivity (Wildman–Crippen MR) is 54.1 cm³/mol. The van der Waals surface area contributed by atoms with Crippen LogP contribution in [0.5, 0.6) is 0 Å². The molecule has 0 radical (unpaired) electrons. The van der Waals surface area contributed by atoms with Crippen LogP contribution in [0, 0.1) is 6.92 Å². The van der Waals surface area contributed by atoms with Crippen molar-refractivity contribution in [3.8, 4) is 0 Å². The van der Waals surface area contributed by atoms with Crippen LogP contribution in [0.3, 0.4) is 0 Å². The van der Waals surface area contributed by atoms with E-state index >= 15 is 0 Å². The second-order valence-electron chi connectivity index (χ2n) is 2.67. The Balaban J connectivity index is 0.00000169. The van der Waals surface area contributed by atoms with Gasteiger partial charge in [0.25, 0.3) is 0 Å². The molecule has 0 saturated carbocycles. The van der Waals surface area contributed by atoms with E-state index in [9.17, 15) is 0 Å². The Labute approximate surface area is 101 Å². The van der Waals surface area contributed by atoms with Crippen molar-refractivity contribution in [2.24, 2.45) is 5.73 Å². The first-order valence-electron chi connectivity index (χ1n) is 4.06. The van der Waals surface area contributed by atoms with Gasteiger partial charge >= 0.3 is 0 Å². The Morgan fingerprint density at radius 2 is 2.29 bits per heavy atom. The molecule has 0 amide bonds. The van der Waals surface area contributed by atoms with Crippen molar-refractivity contribution in [3.63, 3.8) is 0 Å². The smallest absolute Gasteiger partial charge is 0.214 e. The minimum absolute atomic E-state index is 0. The molecule has 1 rings (SSSR count). The number of nitrogens with one attached hydrogen (secondary N) is 2. The van der Waals surface area contributed by atoms with Crippen LogP contribution >= 0.6 is 0 Å². The number of aromatic nitrogens is 1. The summed E-state index contributed by atoms with van der Waals surface area (Å²) < 4.78 is 0. The van der Waals surface area contributed by atoms with Gasteiger partial charge in [-0.15, -0.1) is 0 Å². The maximum atomic E-state index is 5.33. The summed E-state index contributed by atoms with van der Waals surface area (Å²) in [6.07, 6.45) is 8.78. The normalized spacial score (nSPS) is 11.4. The maximum Gasteiger partial charge on any atom is 0.214 e. The zero-order valence-corrected chi connectivity index (χ0v) is 10.2. The average Bonchev–Trinajstić information content (AvgIpc) is 2.51. The van der Waals surface area contributed by atoms with E-state index in [1.807, 2.05) is 19.3 Å². The topological polar surface area (TPSA) is 55.8 Å². The molecule has 76 valence electrons. The van der Waals surface area contributed by atoms with E-state index in [2.05, 4.69) is 16.6 Å². The highest BCUT2D eigenvalue weighted by molar-refractivity contribution is 6.05. The van der Waals surface area contributed by atoms with Crippen LogP contribution in [-0.4, -0.2) is 10.7 Å². The number of hydrogen-bond donors (Lipinski definition) is 3. The molecule has 4 N–H and O–H groups in total. The van der Waals surface area contributed by atoms with Gasteiger partial charge in [-0.1, -0.05) is 0 Å². The molecule has 4 heteroatoms. The van der Waals surface area contributed by atoms with Gasteiger partial charge in [0.1, 0.15) is 0 Å². The standard InChI is InChI=1S/C10H13N3.HI/c1-3-13-10(4-5-11)9-7-12-6-8(9)2;/h3-7,12H,1,11H2,2H3;1H/b5-4-,13-10?;. The average molecular weight is 303 g/mol. The van der Waals surface area contributed by atoms with Crippen LogP contribution < -0.4 is 34.7 Å². The van der Waals surface area contributed by atoms with Crippen molar-refractivity contribution in [2.45, 2.75) is 6.92 Å². The molecule has 1 aromatic rings. The quantitative estimate of drug-likeness (QED) is 0.400. The molecule has 1 aromatic heterocycles. The lowest BCUT2D eigenvalue weighted by Crippen LogP contribution is -3.00. The number of halogens is 1. The second kappa shape index (κ2) is 6.42. The first-order chi connectivity index (χ1) is 6.29. The summed E-state index contributed by atoms with van der Waals surface area (Å²) in [7, 11) is 0. The van der Waals surface area contributed by atoms with Crippen molar-refractivity contribution in [1.29, 1.82) is 0 Å². The van der Waals surface area contributed by atoms with E-state index in [-0.39, 0.29) is 24.0 Å². The van der Waals surface area contributed by atoms with E-state index in [4.69, 9.17) is 5.73 Å². The molecule has 0 aliphatic carbocycles. The lowest BCUT2D eigenvalue weighted by Gasteiger charge is -1.91. The van der Waals surface area contributed by atoms with Crippen molar-refractivity contribution >= 4 is 5.71 Å². The van der Waals surface area contributed by atoms with Crippen molar-refractivity contribution < 1.29 is 29.0 Å². The van der Waals surface area contributed by atoms with Gasteiger partial charge < -0.3 is 34.7 Å². The van der Waals surface area contributed by atoms with Crippen LogP contribution in [0.2, 0.25) is 0 Å². The molecule has 14 heavy (non-hydrogen) atoms. The molecule has 1 heterocycles. The zero-order valence-electron chi connectivity index (χ0n) is 8.05. The van der Waals surface area contributed by atoms with Gasteiger partial charge in [-0.2, -0.15) is 0 Å². The fourth-order valence-electron chi connectivity index (χ4n) is 1.15. The van der Waals surface area contributed by atoms with Crippen molar-refractivity contribution in [2.75, 3.05) is 0 Å². The van der Waals surface area contributed by atoms with Gasteiger partial charge in [0, 0.05) is 24.7 Å². The third kappa shape index (κ3) is 3.02. The minimum atomic E-state index is 0. The Morgan fingerprint density at radius 3 is 2.71 bits per heavy atom. The van der Waals surface area contributed by atoms with Crippen molar-refractivity contribution in [3.05, 3.63) is 48.6 Å². The first kappa shape index (κ1) is 13.0. The molecule has 0 spiro atoms. The summed E-state index contributed by atoms with van der Waals surface area (Å²) in [6, 6.07) is 0. The summed E-state index contributed by atoms with van der Waals surface area (Å²) in [5.74, 6) is 0. The summed E-state index contributed by atoms with van der Waals surface area (Å²) in [5.41, 5.74) is 8.54. The second-order valence-corrected chi connectivity index (χ2v) is 2.67. The van der Waals surface area contributed by atoms with Crippen molar-refractivity contribution in [1.82, 2.24) is 4.98 Å². The third-order valence-electron chi connectivity index (χ3n) is 1.76. The van der Waals surface area contributed by atoms with Crippen LogP contribution in [0.1, 0.15) is 11.1 Å². The maximum absolute atomic E-state index is 5.33. The zero-order chi connectivity index (χ0) is 9.68. The molecule has 0 aliphatic heterocycles. The third-order valence-corrected chi connectivity index (χ3v) is 1.76. The first-order valence-corrected chi connectivity index (χ1v) is 4.06. The number of allylic oxidation sites excluding steroid dienone is 1. The lowest BCUT2D eigenvalue weighted by molar-refractivity contribution is -0.370. The summed E-state index contributed by atoms with van der Waals surface area (Å²) in [5, 5.41) is 0. The Hall–Kier alpha value is -1.04. The van der Waals surface area contributed by atoms with Gasteiger partial charge in [0.15, 0.2) is 6.20 Å². The van der Waals surface area contributed by atoms with Gasteiger partial charge in [0.05, 0.1) is 5.56 Å². The van der Waals surface area contributed by atoms with E-state index in [0.29, 0.717) is 0 Å². The fraction of sp³-hybridized carbons (Fsp3) is 0.100. The number of rotatable bonds is 3. The molecule has 0 saturated heterocycles. The molecule has 0 bridgehead atoms. The van der Waals surface area contributed by atoms with E-state index in [0.717, 1.165) is 11.3 Å². The highest BCUT2D eigenvalue weighted by atomic mass is 127. The molecule has 0 fully saturated rings. The van der Waals surface area contributed by atoms with E-state index in [1.54, 1.807) is 12.3 Å². The number of aryl methyl sites for hydroxylation is 1. The number of aromatic amines is 1. The minimum Gasteiger partial charge on any atom is -1.00 e. The monoisotopic (exact) mass is 303 g/mol. The Bertz CT molecular complexity index is 350. The fourth-order valence-corrected chi connectivity index (χ4v) is 1.15. The van der Waals surface area contributed by atoms with E-state index < -0.39 is 0 Å². The molecular weight excluding hydrogens is 289 g/mol. The molecular formula is C10H14IN3. The largest absolute Gasteiger partial charge is 1.00 e.